The molecule has 3 rings (SSSR count). The molecule has 0 atom stereocenters. The van der Waals surface area contributed by atoms with E-state index in [4.69, 9.17) is 0 Å². The van der Waals surface area contributed by atoms with Crippen LogP contribution in [0.5, 0.6) is 0 Å². The lowest BCUT2D eigenvalue weighted by Crippen LogP contribution is -2.22. The number of aliphatic imine (C=N–C) groups is 1. The highest BCUT2D eigenvalue weighted by molar-refractivity contribution is 14.1. The van der Waals surface area contributed by atoms with E-state index >= 15 is 0 Å². The number of halogens is 1. The fraction of sp³-hybridized carbons (Fsp3) is 0.250. The van der Waals surface area contributed by atoms with Crippen molar-refractivity contribution < 1.29 is 0 Å². The number of rotatable bonds is 2. The van der Waals surface area contributed by atoms with Crippen molar-refractivity contribution in [1.82, 2.24) is 0 Å². The van der Waals surface area contributed by atoms with Gasteiger partial charge in [-0.3, -0.25) is 4.99 Å². The lowest BCUT2D eigenvalue weighted by molar-refractivity contribution is 0.641. The maximum atomic E-state index is 4.60. The van der Waals surface area contributed by atoms with E-state index in [2.05, 4.69) is 109 Å². The minimum Gasteiger partial charge on any atom is -0.347 e. The third-order valence-corrected chi connectivity index (χ3v) is 5.75. The molecule has 118 valence electrons. The molecule has 0 unspecified atom stereocenters. The Balaban J connectivity index is 1.91. The molecule has 0 saturated carbocycles. The van der Waals surface area contributed by atoms with E-state index in [-0.39, 0.29) is 5.41 Å². The van der Waals surface area contributed by atoms with Crippen molar-refractivity contribution in [1.29, 1.82) is 0 Å². The van der Waals surface area contributed by atoms with Crippen molar-refractivity contribution in [3.8, 4) is 0 Å². The summed E-state index contributed by atoms with van der Waals surface area (Å²) in [5.74, 6) is 0. The molecule has 0 aliphatic carbocycles. The van der Waals surface area contributed by atoms with Gasteiger partial charge in [0.05, 0.1) is 5.69 Å². The van der Waals surface area contributed by atoms with Crippen molar-refractivity contribution in [3.05, 3.63) is 68.9 Å². The maximum Gasteiger partial charge on any atom is 0.0633 e. The molecule has 0 N–H and O–H groups in total. The zero-order valence-corrected chi connectivity index (χ0v) is 16.1. The Morgan fingerprint density at radius 3 is 2.57 bits per heavy atom. The minimum atomic E-state index is -0.000648. The SMILES string of the molecule is Cc1cc(N=C/C=C2/N(C)c3ccccc3C2(C)C)ccc1I. The maximum absolute atomic E-state index is 4.60. The van der Waals surface area contributed by atoms with Crippen LogP contribution in [0.1, 0.15) is 25.0 Å². The number of aryl methyl sites for hydroxylation is 1. The lowest BCUT2D eigenvalue weighted by Gasteiger charge is -2.23. The van der Waals surface area contributed by atoms with Gasteiger partial charge in [-0.05, 0) is 71.0 Å². The van der Waals surface area contributed by atoms with Gasteiger partial charge in [0.15, 0.2) is 0 Å². The third-order valence-electron chi connectivity index (χ3n) is 4.54. The molecule has 2 nitrogen and oxygen atoms in total. The summed E-state index contributed by atoms with van der Waals surface area (Å²) in [5.41, 5.74) is 6.17. The highest BCUT2D eigenvalue weighted by atomic mass is 127. The Labute approximate surface area is 152 Å². The zero-order valence-electron chi connectivity index (χ0n) is 14.0. The normalized spacial score (nSPS) is 18.0. The Hall–Kier alpha value is -1.62. The molecule has 2 aromatic rings. The Kier molecular flexibility index (Phi) is 4.32. The number of hydrogen-bond donors (Lipinski definition) is 0. The average Bonchev–Trinajstić information content (AvgIpc) is 2.72. The predicted molar refractivity (Wildman–Crippen MR) is 108 cm³/mol. The molecule has 0 saturated heterocycles. The van der Waals surface area contributed by atoms with E-state index in [0.29, 0.717) is 0 Å². The first-order chi connectivity index (χ1) is 10.9. The summed E-state index contributed by atoms with van der Waals surface area (Å²) in [6, 6.07) is 14.9. The second-order valence-corrected chi connectivity index (χ2v) is 7.63. The smallest absolute Gasteiger partial charge is 0.0633 e. The monoisotopic (exact) mass is 416 g/mol. The van der Waals surface area contributed by atoms with Crippen LogP contribution in [0, 0.1) is 10.5 Å². The molecule has 0 spiro atoms. The predicted octanol–water partition coefficient (Wildman–Crippen LogP) is 5.61. The molecular weight excluding hydrogens is 395 g/mol. The van der Waals surface area contributed by atoms with Gasteiger partial charge in [-0.25, -0.2) is 0 Å². The molecule has 1 aliphatic heterocycles. The largest absolute Gasteiger partial charge is 0.347 e. The van der Waals surface area contributed by atoms with Crippen LogP contribution < -0.4 is 4.90 Å². The molecule has 0 amide bonds. The molecular formula is C20H21IN2. The lowest BCUT2D eigenvalue weighted by atomic mass is 9.84. The van der Waals surface area contributed by atoms with Gasteiger partial charge in [0.2, 0.25) is 0 Å². The summed E-state index contributed by atoms with van der Waals surface area (Å²) in [5, 5.41) is 0. The van der Waals surface area contributed by atoms with Gasteiger partial charge in [-0.1, -0.05) is 32.0 Å². The summed E-state index contributed by atoms with van der Waals surface area (Å²) in [7, 11) is 2.13. The number of nitrogens with zero attached hydrogens (tertiary/aromatic N) is 2. The summed E-state index contributed by atoms with van der Waals surface area (Å²) in [6.45, 7) is 6.65. The van der Waals surface area contributed by atoms with Gasteiger partial charge < -0.3 is 4.90 Å². The first-order valence-electron chi connectivity index (χ1n) is 7.75. The van der Waals surface area contributed by atoms with Crippen LogP contribution in [0.3, 0.4) is 0 Å². The zero-order chi connectivity index (χ0) is 16.6. The highest BCUT2D eigenvalue weighted by Gasteiger charge is 2.37. The van der Waals surface area contributed by atoms with Crippen LogP contribution in [-0.4, -0.2) is 13.3 Å². The van der Waals surface area contributed by atoms with Gasteiger partial charge in [0, 0.05) is 33.6 Å². The van der Waals surface area contributed by atoms with Crippen LogP contribution in [0.25, 0.3) is 0 Å². The molecule has 2 aromatic carbocycles. The van der Waals surface area contributed by atoms with Crippen LogP contribution in [0.4, 0.5) is 11.4 Å². The number of allylic oxidation sites excluding steroid dienone is 2. The van der Waals surface area contributed by atoms with Crippen molar-refractivity contribution in [2.24, 2.45) is 4.99 Å². The molecule has 1 aliphatic rings. The number of anilines is 1. The second-order valence-electron chi connectivity index (χ2n) is 6.46. The standard InChI is InChI=1S/C20H21IN2/c1-14-13-15(9-10-17(14)21)22-12-11-19-20(2,3)16-7-5-6-8-18(16)23(19)4/h5-13H,1-4H3/b19-11+,22-12?. The van der Waals surface area contributed by atoms with E-state index in [1.54, 1.807) is 0 Å². The summed E-state index contributed by atoms with van der Waals surface area (Å²) in [4.78, 5) is 6.87. The number of likely N-dealkylation sites (N-methyl/N-ethyl adjacent to an activating group) is 1. The van der Waals surface area contributed by atoms with Crippen molar-refractivity contribution in [2.75, 3.05) is 11.9 Å². The Bertz CT molecular complexity index is 803. The molecule has 3 heteroatoms. The van der Waals surface area contributed by atoms with E-state index in [0.717, 1.165) is 5.69 Å². The minimum absolute atomic E-state index is 0.000648. The summed E-state index contributed by atoms with van der Waals surface area (Å²) < 4.78 is 1.27. The number of para-hydroxylation sites is 1. The van der Waals surface area contributed by atoms with Gasteiger partial charge in [-0.2, -0.15) is 0 Å². The average molecular weight is 416 g/mol. The molecule has 1 heterocycles. The molecule has 0 bridgehead atoms. The van der Waals surface area contributed by atoms with Gasteiger partial charge in [0.25, 0.3) is 0 Å². The second kappa shape index (κ2) is 6.11. The van der Waals surface area contributed by atoms with Crippen LogP contribution in [-0.2, 0) is 5.41 Å². The van der Waals surface area contributed by atoms with Gasteiger partial charge in [0.1, 0.15) is 0 Å². The third kappa shape index (κ3) is 2.94. The van der Waals surface area contributed by atoms with Crippen LogP contribution in [0.15, 0.2) is 59.2 Å². The van der Waals surface area contributed by atoms with Crippen molar-refractivity contribution in [3.63, 3.8) is 0 Å². The number of fused-ring (bicyclic) bond motifs is 1. The Morgan fingerprint density at radius 2 is 1.87 bits per heavy atom. The van der Waals surface area contributed by atoms with Crippen LogP contribution in [0.2, 0.25) is 0 Å². The topological polar surface area (TPSA) is 15.6 Å². The quantitative estimate of drug-likeness (QED) is 0.459. The van der Waals surface area contributed by atoms with Gasteiger partial charge in [-0.15, -0.1) is 0 Å². The molecule has 0 aromatic heterocycles. The summed E-state index contributed by atoms with van der Waals surface area (Å²) in [6.07, 6.45) is 4.05. The van der Waals surface area contributed by atoms with E-state index < -0.39 is 0 Å². The number of benzene rings is 2. The van der Waals surface area contributed by atoms with E-state index in [1.165, 1.54) is 26.1 Å². The van der Waals surface area contributed by atoms with E-state index in [1.807, 2.05) is 6.21 Å². The van der Waals surface area contributed by atoms with Crippen molar-refractivity contribution >= 4 is 40.2 Å². The van der Waals surface area contributed by atoms with Gasteiger partial charge >= 0.3 is 0 Å². The number of hydrogen-bond acceptors (Lipinski definition) is 2. The first-order valence-corrected chi connectivity index (χ1v) is 8.83. The summed E-state index contributed by atoms with van der Waals surface area (Å²) >= 11 is 2.35. The molecule has 0 fully saturated rings. The Morgan fingerprint density at radius 1 is 1.13 bits per heavy atom. The fourth-order valence-electron chi connectivity index (χ4n) is 3.20. The van der Waals surface area contributed by atoms with E-state index in [9.17, 15) is 0 Å². The van der Waals surface area contributed by atoms with Crippen LogP contribution >= 0.6 is 22.6 Å². The molecule has 0 radical (unpaired) electrons. The molecule has 23 heavy (non-hydrogen) atoms. The first kappa shape index (κ1) is 16.2. The van der Waals surface area contributed by atoms with Crippen molar-refractivity contribution in [2.45, 2.75) is 26.2 Å². The fourth-order valence-corrected chi connectivity index (χ4v) is 3.54. The highest BCUT2D eigenvalue weighted by Crippen LogP contribution is 2.46.